The number of fused-ring (bicyclic) bond motifs is 5. The SMILES string of the molecule is C1=CC(C2=CC3C(C=C2)C2C=CC(C4C=CCCC4)=CC2N3C2NCC(C3=C4SC5=C(C=CCC5)C4CC=C3)N2)=CCC1. The lowest BCUT2D eigenvalue weighted by molar-refractivity contribution is 0.130. The quantitative estimate of drug-likeness (QED) is 0.328. The highest BCUT2D eigenvalue weighted by molar-refractivity contribution is 8.07. The molecule has 43 heavy (non-hydrogen) atoms. The lowest BCUT2D eigenvalue weighted by atomic mass is 9.77. The van der Waals surface area contributed by atoms with Gasteiger partial charge in [-0.05, 0) is 84.1 Å². The maximum Gasteiger partial charge on any atom is 0.116 e. The van der Waals surface area contributed by atoms with Gasteiger partial charge in [0.15, 0.2) is 0 Å². The third-order valence-electron chi connectivity index (χ3n) is 11.2. The van der Waals surface area contributed by atoms with E-state index in [1.807, 2.05) is 0 Å². The second-order valence-electron chi connectivity index (χ2n) is 13.7. The summed E-state index contributed by atoms with van der Waals surface area (Å²) in [5.41, 5.74) is 7.44. The molecule has 9 rings (SSSR count). The van der Waals surface area contributed by atoms with Crippen LogP contribution in [0.15, 0.2) is 129 Å². The van der Waals surface area contributed by atoms with Gasteiger partial charge in [-0.2, -0.15) is 0 Å². The smallest absolute Gasteiger partial charge is 0.116 e. The average molecular weight is 586 g/mol. The summed E-state index contributed by atoms with van der Waals surface area (Å²) < 4.78 is 0. The molecule has 0 spiro atoms. The summed E-state index contributed by atoms with van der Waals surface area (Å²) in [7, 11) is 0. The summed E-state index contributed by atoms with van der Waals surface area (Å²) >= 11 is 2.09. The van der Waals surface area contributed by atoms with Crippen molar-refractivity contribution in [1.82, 2.24) is 15.5 Å². The maximum absolute atomic E-state index is 4.16. The molecule has 0 radical (unpaired) electrons. The molecule has 9 aliphatic rings. The van der Waals surface area contributed by atoms with Crippen molar-refractivity contribution in [2.45, 2.75) is 75.8 Å². The summed E-state index contributed by atoms with van der Waals surface area (Å²) in [6, 6.07) is 1.09. The second-order valence-corrected chi connectivity index (χ2v) is 14.8. The van der Waals surface area contributed by atoms with E-state index < -0.39 is 0 Å². The highest BCUT2D eigenvalue weighted by atomic mass is 32.2. The maximum atomic E-state index is 4.16. The van der Waals surface area contributed by atoms with E-state index in [1.54, 1.807) is 15.4 Å². The largest absolute Gasteiger partial charge is 0.287 e. The fourth-order valence-corrected chi connectivity index (χ4v) is 10.6. The number of likely N-dealkylation sites (tertiary alicyclic amines) is 1. The van der Waals surface area contributed by atoms with Crippen LogP contribution in [0.4, 0.5) is 0 Å². The summed E-state index contributed by atoms with van der Waals surface area (Å²) in [5.74, 6) is 2.13. The number of nitrogens with zero attached hydrogens (tertiary/aromatic N) is 1. The molecule has 8 atom stereocenters. The van der Waals surface area contributed by atoms with E-state index in [-0.39, 0.29) is 6.29 Å². The Morgan fingerprint density at radius 3 is 2.53 bits per heavy atom. The van der Waals surface area contributed by atoms with E-state index in [0.717, 1.165) is 25.8 Å². The Kier molecular flexibility index (Phi) is 6.88. The number of allylic oxidation sites excluding steroid dienone is 16. The summed E-state index contributed by atoms with van der Waals surface area (Å²) in [4.78, 5) is 6.05. The van der Waals surface area contributed by atoms with Crippen LogP contribution in [-0.4, -0.2) is 35.9 Å². The molecule has 0 aromatic carbocycles. The van der Waals surface area contributed by atoms with Gasteiger partial charge < -0.3 is 0 Å². The van der Waals surface area contributed by atoms with E-state index in [4.69, 9.17) is 0 Å². The number of nitrogens with one attached hydrogen (secondary N) is 2. The van der Waals surface area contributed by atoms with Gasteiger partial charge in [0, 0.05) is 53.2 Å². The minimum Gasteiger partial charge on any atom is -0.287 e. The summed E-state index contributed by atoms with van der Waals surface area (Å²) in [6.07, 6.45) is 46.7. The molecule has 2 N–H and O–H groups in total. The molecule has 6 aliphatic carbocycles. The van der Waals surface area contributed by atoms with Crippen LogP contribution in [0.1, 0.15) is 51.4 Å². The Morgan fingerprint density at radius 1 is 0.767 bits per heavy atom. The predicted octanol–water partition coefficient (Wildman–Crippen LogP) is 7.92. The summed E-state index contributed by atoms with van der Waals surface area (Å²) in [6.45, 7) is 0.977. The third kappa shape index (κ3) is 4.60. The topological polar surface area (TPSA) is 27.3 Å². The van der Waals surface area contributed by atoms with Crippen LogP contribution < -0.4 is 10.6 Å². The van der Waals surface area contributed by atoms with Crippen LogP contribution in [0, 0.1) is 23.7 Å². The molecular weight excluding hydrogens is 543 g/mol. The summed E-state index contributed by atoms with van der Waals surface area (Å²) in [5, 5.41) is 8.16. The Morgan fingerprint density at radius 2 is 1.65 bits per heavy atom. The first kappa shape index (κ1) is 26.7. The molecule has 2 fully saturated rings. The molecule has 3 heterocycles. The van der Waals surface area contributed by atoms with Gasteiger partial charge in [-0.25, -0.2) is 0 Å². The molecular formula is C39H43N3S. The molecule has 0 saturated carbocycles. The van der Waals surface area contributed by atoms with Crippen LogP contribution in [0.3, 0.4) is 0 Å². The van der Waals surface area contributed by atoms with Crippen molar-refractivity contribution in [2.75, 3.05) is 6.54 Å². The number of hydrogen-bond donors (Lipinski definition) is 2. The first-order valence-corrected chi connectivity index (χ1v) is 17.7. The number of hydrogen-bond acceptors (Lipinski definition) is 4. The molecule has 0 aromatic rings. The molecule has 4 heteroatoms. The molecule has 8 unspecified atom stereocenters. The van der Waals surface area contributed by atoms with E-state index in [2.05, 4.69) is 118 Å². The zero-order chi connectivity index (χ0) is 28.3. The third-order valence-corrected chi connectivity index (χ3v) is 12.7. The van der Waals surface area contributed by atoms with Gasteiger partial charge >= 0.3 is 0 Å². The number of rotatable bonds is 4. The van der Waals surface area contributed by atoms with Gasteiger partial charge in [0.2, 0.25) is 0 Å². The predicted molar refractivity (Wildman–Crippen MR) is 180 cm³/mol. The van der Waals surface area contributed by atoms with E-state index in [1.165, 1.54) is 54.4 Å². The Labute approximate surface area is 261 Å². The van der Waals surface area contributed by atoms with Crippen molar-refractivity contribution in [2.24, 2.45) is 23.7 Å². The second kappa shape index (κ2) is 11.1. The van der Waals surface area contributed by atoms with E-state index in [0.29, 0.717) is 41.8 Å². The Balaban J connectivity index is 1.04. The van der Waals surface area contributed by atoms with Gasteiger partial charge in [0.25, 0.3) is 0 Å². The average Bonchev–Trinajstić information content (AvgIpc) is 3.79. The Bertz CT molecular complexity index is 1540. The molecule has 0 aromatic heterocycles. The fourth-order valence-electron chi connectivity index (χ4n) is 9.11. The van der Waals surface area contributed by atoms with Gasteiger partial charge in [-0.3, -0.25) is 15.5 Å². The van der Waals surface area contributed by atoms with Crippen molar-refractivity contribution >= 4 is 11.8 Å². The monoisotopic (exact) mass is 585 g/mol. The van der Waals surface area contributed by atoms with Crippen molar-refractivity contribution in [1.29, 1.82) is 0 Å². The van der Waals surface area contributed by atoms with Gasteiger partial charge in [0.05, 0.1) is 0 Å². The van der Waals surface area contributed by atoms with Gasteiger partial charge in [-0.1, -0.05) is 103 Å². The highest BCUT2D eigenvalue weighted by Crippen LogP contribution is 2.54. The Hall–Kier alpha value is -2.63. The van der Waals surface area contributed by atoms with Crippen molar-refractivity contribution in [3.8, 4) is 0 Å². The first-order chi connectivity index (χ1) is 21.3. The molecule has 220 valence electrons. The number of thioether (sulfide) groups is 1. The minimum absolute atomic E-state index is 0.147. The van der Waals surface area contributed by atoms with Crippen molar-refractivity contribution in [3.05, 3.63) is 129 Å². The highest BCUT2D eigenvalue weighted by Gasteiger charge is 2.51. The van der Waals surface area contributed by atoms with E-state index in [9.17, 15) is 0 Å². The molecule has 0 amide bonds. The van der Waals surface area contributed by atoms with Crippen LogP contribution in [0.2, 0.25) is 0 Å². The fraction of sp³-hybridized carbons (Fsp3) is 0.436. The zero-order valence-corrected chi connectivity index (χ0v) is 25.8. The molecule has 3 aliphatic heterocycles. The standard InChI is InChI=1S/C39H43N3S/c1-3-10-25(11-4-1)27-18-20-29-30-21-19-28(26-12-5-2-6-13-26)23-36(30)42(35(29)22-27)39-40-24-34(41-39)33-16-9-15-32-31-14-7-8-17-37(31)43-38(32)33/h3,5,7,9-12,14,16,18-23,26,29-30,32,34-36,39-41H,1-2,4,6,8,13,15,17,24H2. The first-order valence-electron chi connectivity index (χ1n) is 16.9. The van der Waals surface area contributed by atoms with Crippen LogP contribution >= 0.6 is 11.8 Å². The van der Waals surface area contributed by atoms with Crippen LogP contribution in [0.5, 0.6) is 0 Å². The van der Waals surface area contributed by atoms with Crippen LogP contribution in [0.25, 0.3) is 0 Å². The minimum atomic E-state index is 0.147. The molecule has 3 nitrogen and oxygen atoms in total. The molecule has 2 saturated heterocycles. The lowest BCUT2D eigenvalue weighted by Crippen LogP contribution is -2.55. The lowest BCUT2D eigenvalue weighted by Gasteiger charge is -2.37. The van der Waals surface area contributed by atoms with Gasteiger partial charge in [-0.15, -0.1) is 0 Å². The van der Waals surface area contributed by atoms with Crippen molar-refractivity contribution in [3.63, 3.8) is 0 Å². The van der Waals surface area contributed by atoms with Gasteiger partial charge in [0.1, 0.15) is 6.29 Å². The molecule has 0 bridgehead atoms. The van der Waals surface area contributed by atoms with Crippen molar-refractivity contribution < 1.29 is 0 Å². The zero-order valence-electron chi connectivity index (χ0n) is 25.0. The van der Waals surface area contributed by atoms with E-state index >= 15 is 0 Å². The normalized spacial score (nSPS) is 39.5. The van der Waals surface area contributed by atoms with Crippen LogP contribution in [-0.2, 0) is 0 Å².